The van der Waals surface area contributed by atoms with Gasteiger partial charge in [0.25, 0.3) is 0 Å². The zero-order valence-corrected chi connectivity index (χ0v) is 13.0. The second-order valence-electron chi connectivity index (χ2n) is 5.86. The maximum absolute atomic E-state index is 12.5. The highest BCUT2D eigenvalue weighted by Crippen LogP contribution is 2.22. The number of nitrogens with zero attached hydrogens (tertiary/aromatic N) is 3. The van der Waals surface area contributed by atoms with E-state index in [1.165, 1.54) is 0 Å². The van der Waals surface area contributed by atoms with Crippen LogP contribution in [0.4, 0.5) is 0 Å². The van der Waals surface area contributed by atoms with Crippen molar-refractivity contribution in [2.75, 3.05) is 13.6 Å². The summed E-state index contributed by atoms with van der Waals surface area (Å²) in [5.41, 5.74) is 1.96. The summed E-state index contributed by atoms with van der Waals surface area (Å²) < 4.78 is 5.02. The molecule has 1 atom stereocenters. The Hall–Kier alpha value is -2.63. The van der Waals surface area contributed by atoms with E-state index in [4.69, 9.17) is 4.42 Å². The zero-order chi connectivity index (χ0) is 16.2. The van der Waals surface area contributed by atoms with Crippen LogP contribution in [-0.2, 0) is 22.7 Å². The average molecular weight is 313 g/mol. The number of rotatable bonds is 5. The fourth-order valence-electron chi connectivity index (χ4n) is 2.85. The van der Waals surface area contributed by atoms with Gasteiger partial charge in [0, 0.05) is 51.1 Å². The molecule has 23 heavy (non-hydrogen) atoms. The Labute approximate surface area is 134 Å². The van der Waals surface area contributed by atoms with Gasteiger partial charge in [0.1, 0.15) is 0 Å². The number of carbonyl (C=O) groups is 2. The Bertz CT molecular complexity index is 670. The second-order valence-corrected chi connectivity index (χ2v) is 5.86. The summed E-state index contributed by atoms with van der Waals surface area (Å²) in [4.78, 5) is 32.0. The number of pyridine rings is 1. The lowest BCUT2D eigenvalue weighted by molar-refractivity contribution is -0.135. The fraction of sp³-hybridized carbons (Fsp3) is 0.353. The van der Waals surface area contributed by atoms with Crippen molar-refractivity contribution in [2.24, 2.45) is 5.92 Å². The van der Waals surface area contributed by atoms with Gasteiger partial charge in [-0.05, 0) is 23.8 Å². The van der Waals surface area contributed by atoms with Crippen LogP contribution in [0.15, 0.2) is 47.5 Å². The lowest BCUT2D eigenvalue weighted by Gasteiger charge is -2.21. The van der Waals surface area contributed by atoms with Crippen molar-refractivity contribution in [2.45, 2.75) is 19.5 Å². The van der Waals surface area contributed by atoms with Gasteiger partial charge in [-0.25, -0.2) is 0 Å². The molecule has 3 rings (SSSR count). The quantitative estimate of drug-likeness (QED) is 0.842. The molecule has 0 aromatic carbocycles. The molecule has 1 aliphatic heterocycles. The van der Waals surface area contributed by atoms with Crippen LogP contribution in [0, 0.1) is 5.92 Å². The molecule has 6 heteroatoms. The van der Waals surface area contributed by atoms with Gasteiger partial charge in [-0.3, -0.25) is 14.6 Å². The van der Waals surface area contributed by atoms with E-state index in [-0.39, 0.29) is 24.2 Å². The lowest BCUT2D eigenvalue weighted by Crippen LogP contribution is -2.34. The third-order valence-corrected chi connectivity index (χ3v) is 4.06. The van der Waals surface area contributed by atoms with Crippen LogP contribution in [0.5, 0.6) is 0 Å². The zero-order valence-electron chi connectivity index (χ0n) is 13.0. The summed E-state index contributed by atoms with van der Waals surface area (Å²) in [6.07, 6.45) is 6.90. The summed E-state index contributed by atoms with van der Waals surface area (Å²) in [6, 6.07) is 5.60. The molecular formula is C17H19N3O3. The maximum Gasteiger partial charge on any atom is 0.228 e. The molecular weight excluding hydrogens is 294 g/mol. The largest absolute Gasteiger partial charge is 0.472 e. The van der Waals surface area contributed by atoms with E-state index in [1.807, 2.05) is 18.2 Å². The standard InChI is InChI=1S/C17H19N3O3/c1-19(9-14-4-7-23-12-14)17(22)15-8-16(21)20(11-15)10-13-2-5-18-6-3-13/h2-7,12,15H,8-11H2,1H3/t15-/m1/s1. The van der Waals surface area contributed by atoms with Crippen LogP contribution >= 0.6 is 0 Å². The molecule has 0 saturated carbocycles. The van der Waals surface area contributed by atoms with Crippen LogP contribution in [-0.4, -0.2) is 40.2 Å². The molecule has 0 radical (unpaired) electrons. The number of hydrogen-bond donors (Lipinski definition) is 0. The van der Waals surface area contributed by atoms with Crippen LogP contribution in [0.1, 0.15) is 17.5 Å². The van der Waals surface area contributed by atoms with Crippen molar-refractivity contribution in [3.05, 3.63) is 54.2 Å². The molecule has 1 aliphatic rings. The van der Waals surface area contributed by atoms with E-state index >= 15 is 0 Å². The molecule has 120 valence electrons. The summed E-state index contributed by atoms with van der Waals surface area (Å²) >= 11 is 0. The molecule has 0 aliphatic carbocycles. The van der Waals surface area contributed by atoms with Crippen molar-refractivity contribution >= 4 is 11.8 Å². The summed E-state index contributed by atoms with van der Waals surface area (Å²) in [6.45, 7) is 1.48. The Morgan fingerprint density at radius 3 is 2.83 bits per heavy atom. The minimum absolute atomic E-state index is 0.00298. The minimum atomic E-state index is -0.277. The summed E-state index contributed by atoms with van der Waals surface area (Å²) in [7, 11) is 1.76. The molecule has 6 nitrogen and oxygen atoms in total. The molecule has 0 bridgehead atoms. The summed E-state index contributed by atoms with van der Waals surface area (Å²) in [5, 5.41) is 0. The van der Waals surface area contributed by atoms with E-state index < -0.39 is 0 Å². The van der Waals surface area contributed by atoms with Crippen molar-refractivity contribution in [3.63, 3.8) is 0 Å². The number of aromatic nitrogens is 1. The predicted molar refractivity (Wildman–Crippen MR) is 82.9 cm³/mol. The second kappa shape index (κ2) is 6.64. The average Bonchev–Trinajstić information content (AvgIpc) is 3.18. The number of amides is 2. The van der Waals surface area contributed by atoms with Crippen molar-refractivity contribution < 1.29 is 14.0 Å². The number of likely N-dealkylation sites (tertiary alicyclic amines) is 1. The van der Waals surface area contributed by atoms with Gasteiger partial charge in [0.05, 0.1) is 18.4 Å². The van der Waals surface area contributed by atoms with E-state index in [0.717, 1.165) is 11.1 Å². The monoisotopic (exact) mass is 313 g/mol. The topological polar surface area (TPSA) is 66.7 Å². The normalized spacial score (nSPS) is 17.5. The smallest absolute Gasteiger partial charge is 0.228 e. The van der Waals surface area contributed by atoms with Crippen LogP contribution in [0.3, 0.4) is 0 Å². The highest BCUT2D eigenvalue weighted by molar-refractivity contribution is 5.89. The highest BCUT2D eigenvalue weighted by atomic mass is 16.3. The van der Waals surface area contributed by atoms with Gasteiger partial charge >= 0.3 is 0 Å². The first-order chi connectivity index (χ1) is 11.1. The molecule has 0 N–H and O–H groups in total. The highest BCUT2D eigenvalue weighted by Gasteiger charge is 2.35. The number of hydrogen-bond acceptors (Lipinski definition) is 4. The van der Waals surface area contributed by atoms with Gasteiger partial charge < -0.3 is 14.2 Å². The van der Waals surface area contributed by atoms with Gasteiger partial charge in [-0.2, -0.15) is 0 Å². The van der Waals surface area contributed by atoms with Gasteiger partial charge in [-0.15, -0.1) is 0 Å². The SMILES string of the molecule is CN(Cc1ccoc1)C(=O)[C@@H]1CC(=O)N(Cc2ccncc2)C1. The molecule has 2 aromatic heterocycles. The Morgan fingerprint density at radius 1 is 1.35 bits per heavy atom. The van der Waals surface area contributed by atoms with Crippen molar-refractivity contribution in [3.8, 4) is 0 Å². The third-order valence-electron chi connectivity index (χ3n) is 4.06. The molecule has 2 aromatic rings. The molecule has 2 amide bonds. The van der Waals surface area contributed by atoms with E-state index in [1.54, 1.807) is 41.8 Å². The lowest BCUT2D eigenvalue weighted by atomic mass is 10.1. The molecule has 1 saturated heterocycles. The van der Waals surface area contributed by atoms with E-state index in [0.29, 0.717) is 19.6 Å². The molecule has 0 spiro atoms. The Morgan fingerprint density at radius 2 is 2.13 bits per heavy atom. The van der Waals surface area contributed by atoms with E-state index in [2.05, 4.69) is 4.98 Å². The Kier molecular flexibility index (Phi) is 4.41. The predicted octanol–water partition coefficient (Wildman–Crippen LogP) is 1.68. The summed E-state index contributed by atoms with van der Waals surface area (Å²) in [5.74, 6) is -0.255. The fourth-order valence-corrected chi connectivity index (χ4v) is 2.85. The van der Waals surface area contributed by atoms with E-state index in [9.17, 15) is 9.59 Å². The first-order valence-corrected chi connectivity index (χ1v) is 7.56. The third kappa shape index (κ3) is 3.59. The molecule has 0 unspecified atom stereocenters. The maximum atomic E-state index is 12.5. The minimum Gasteiger partial charge on any atom is -0.472 e. The number of carbonyl (C=O) groups excluding carboxylic acids is 2. The Balaban J connectivity index is 1.59. The number of furan rings is 1. The van der Waals surface area contributed by atoms with Gasteiger partial charge in [0.15, 0.2) is 0 Å². The van der Waals surface area contributed by atoms with Gasteiger partial charge in [-0.1, -0.05) is 0 Å². The van der Waals surface area contributed by atoms with Crippen LogP contribution in [0.25, 0.3) is 0 Å². The first-order valence-electron chi connectivity index (χ1n) is 7.56. The van der Waals surface area contributed by atoms with Crippen LogP contribution < -0.4 is 0 Å². The molecule has 1 fully saturated rings. The molecule has 3 heterocycles. The van der Waals surface area contributed by atoms with Crippen molar-refractivity contribution in [1.29, 1.82) is 0 Å². The first kappa shape index (κ1) is 15.3. The van der Waals surface area contributed by atoms with Crippen molar-refractivity contribution in [1.82, 2.24) is 14.8 Å². The van der Waals surface area contributed by atoms with Crippen LogP contribution in [0.2, 0.25) is 0 Å². The van der Waals surface area contributed by atoms with Gasteiger partial charge in [0.2, 0.25) is 11.8 Å².